The molecule has 136 valence electrons. The molecule has 0 bridgehead atoms. The van der Waals surface area contributed by atoms with Crippen molar-refractivity contribution in [1.29, 1.82) is 0 Å². The topological polar surface area (TPSA) is 78.1 Å². The van der Waals surface area contributed by atoms with Gasteiger partial charge < -0.3 is 23.7 Å². The van der Waals surface area contributed by atoms with Crippen LogP contribution in [0.25, 0.3) is 21.9 Å². The van der Waals surface area contributed by atoms with Gasteiger partial charge in [-0.1, -0.05) is 6.07 Å². The van der Waals surface area contributed by atoms with E-state index in [1.54, 1.807) is 24.3 Å². The summed E-state index contributed by atoms with van der Waals surface area (Å²) >= 11 is 0. The Balaban J connectivity index is 2.16. The summed E-state index contributed by atoms with van der Waals surface area (Å²) in [6, 6.07) is 6.79. The van der Waals surface area contributed by atoms with E-state index in [-0.39, 0.29) is 10.8 Å². The number of hydrogen-bond donors (Lipinski definition) is 1. The Morgan fingerprint density at radius 3 is 2.69 bits per heavy atom. The molecule has 0 amide bonds. The van der Waals surface area contributed by atoms with Gasteiger partial charge in [-0.3, -0.25) is 4.79 Å². The summed E-state index contributed by atoms with van der Waals surface area (Å²) in [5.74, 6) is 1.22. The van der Waals surface area contributed by atoms with Crippen LogP contribution in [0.15, 0.2) is 33.5 Å². The summed E-state index contributed by atoms with van der Waals surface area (Å²) in [5, 5.41) is 11.3. The van der Waals surface area contributed by atoms with Gasteiger partial charge in [0.2, 0.25) is 5.43 Å². The Hall–Kier alpha value is -2.73. The van der Waals surface area contributed by atoms with E-state index in [2.05, 4.69) is 0 Å². The average molecular weight is 356 g/mol. The quantitative estimate of drug-likeness (QED) is 0.708. The lowest BCUT2D eigenvalue weighted by Crippen LogP contribution is -2.35. The summed E-state index contributed by atoms with van der Waals surface area (Å²) in [4.78, 5) is 13.1. The number of rotatable bonds is 2. The molecule has 1 aliphatic heterocycles. The monoisotopic (exact) mass is 356 g/mol. The fraction of sp³-hybridized carbons (Fsp3) is 0.350. The predicted molar refractivity (Wildman–Crippen MR) is 97.4 cm³/mol. The predicted octanol–water partition coefficient (Wildman–Crippen LogP) is 3.56. The van der Waals surface area contributed by atoms with Crippen LogP contribution >= 0.6 is 0 Å². The van der Waals surface area contributed by atoms with Gasteiger partial charge in [0.25, 0.3) is 0 Å². The minimum absolute atomic E-state index is 0.239. The van der Waals surface area contributed by atoms with E-state index in [0.29, 0.717) is 45.8 Å². The maximum absolute atomic E-state index is 13.1. The molecule has 26 heavy (non-hydrogen) atoms. The number of ether oxygens (including phenoxy) is 3. The third-order valence-corrected chi connectivity index (χ3v) is 4.74. The third kappa shape index (κ3) is 2.33. The van der Waals surface area contributed by atoms with Crippen molar-refractivity contribution in [2.24, 2.45) is 0 Å². The number of methoxy groups -OCH3 is 2. The van der Waals surface area contributed by atoms with Crippen LogP contribution in [0.2, 0.25) is 0 Å². The highest BCUT2D eigenvalue weighted by Gasteiger charge is 2.36. The summed E-state index contributed by atoms with van der Waals surface area (Å²) in [6.45, 7) is 3.80. The summed E-state index contributed by atoms with van der Waals surface area (Å²) in [7, 11) is 2.99. The number of hydrogen-bond acceptors (Lipinski definition) is 6. The third-order valence-electron chi connectivity index (χ3n) is 4.74. The lowest BCUT2D eigenvalue weighted by Gasteiger charge is -2.36. The van der Waals surface area contributed by atoms with Crippen LogP contribution in [0.5, 0.6) is 17.2 Å². The molecule has 0 saturated heterocycles. The molecule has 0 unspecified atom stereocenters. The van der Waals surface area contributed by atoms with Crippen LogP contribution in [-0.2, 0) is 0 Å². The van der Waals surface area contributed by atoms with Crippen molar-refractivity contribution < 1.29 is 23.7 Å². The number of fused-ring (bicyclic) bond motifs is 3. The first-order valence-corrected chi connectivity index (χ1v) is 8.38. The number of aliphatic hydroxyl groups excluding tert-OH is 1. The summed E-state index contributed by atoms with van der Waals surface area (Å²) < 4.78 is 22.8. The molecular formula is C20H20O6. The fourth-order valence-corrected chi connectivity index (χ4v) is 3.65. The highest BCUT2D eigenvalue weighted by Crippen LogP contribution is 2.47. The van der Waals surface area contributed by atoms with Crippen molar-refractivity contribution >= 4 is 21.9 Å². The second kappa shape index (κ2) is 5.64. The molecule has 0 radical (unpaired) electrons. The maximum Gasteiger partial charge on any atom is 0.204 e. The first-order valence-electron chi connectivity index (χ1n) is 8.38. The van der Waals surface area contributed by atoms with E-state index in [1.165, 1.54) is 14.2 Å². The molecular weight excluding hydrogens is 336 g/mol. The Kier molecular flexibility index (Phi) is 3.63. The molecule has 1 atom stereocenters. The molecule has 1 aliphatic rings. The summed E-state index contributed by atoms with van der Waals surface area (Å²) in [6.07, 6.45) is -0.400. The van der Waals surface area contributed by atoms with Crippen molar-refractivity contribution in [3.8, 4) is 17.2 Å². The lowest BCUT2D eigenvalue weighted by molar-refractivity contribution is 0.0103. The molecule has 6 nitrogen and oxygen atoms in total. The van der Waals surface area contributed by atoms with E-state index in [0.717, 1.165) is 0 Å². The van der Waals surface area contributed by atoms with Gasteiger partial charge in [0.1, 0.15) is 28.1 Å². The van der Waals surface area contributed by atoms with Crippen molar-refractivity contribution in [3.63, 3.8) is 0 Å². The van der Waals surface area contributed by atoms with Gasteiger partial charge in [0.15, 0.2) is 11.3 Å². The molecule has 2 heterocycles. The van der Waals surface area contributed by atoms with Crippen molar-refractivity contribution in [2.45, 2.75) is 32.0 Å². The van der Waals surface area contributed by atoms with Crippen LogP contribution in [-0.4, -0.2) is 24.9 Å². The minimum Gasteiger partial charge on any atom is -0.495 e. The average Bonchev–Trinajstić information content (AvgIpc) is 2.58. The number of para-hydroxylation sites is 1. The molecule has 4 rings (SSSR count). The van der Waals surface area contributed by atoms with E-state index in [1.807, 2.05) is 13.8 Å². The zero-order valence-corrected chi connectivity index (χ0v) is 15.1. The summed E-state index contributed by atoms with van der Waals surface area (Å²) in [5.41, 5.74) is 0.392. The van der Waals surface area contributed by atoms with Crippen molar-refractivity contribution in [3.05, 3.63) is 40.1 Å². The van der Waals surface area contributed by atoms with Gasteiger partial charge in [-0.2, -0.15) is 0 Å². The van der Waals surface area contributed by atoms with Gasteiger partial charge >= 0.3 is 0 Å². The Morgan fingerprint density at radius 1 is 1.23 bits per heavy atom. The highest BCUT2D eigenvalue weighted by molar-refractivity contribution is 5.97. The fourth-order valence-electron chi connectivity index (χ4n) is 3.65. The second-order valence-corrected chi connectivity index (χ2v) is 7.04. The van der Waals surface area contributed by atoms with Crippen molar-refractivity contribution in [2.75, 3.05) is 14.2 Å². The second-order valence-electron chi connectivity index (χ2n) is 7.04. The van der Waals surface area contributed by atoms with Crippen LogP contribution in [0.1, 0.15) is 31.9 Å². The van der Waals surface area contributed by atoms with Crippen LogP contribution < -0.4 is 19.6 Å². The van der Waals surface area contributed by atoms with Gasteiger partial charge in [0.05, 0.1) is 31.3 Å². The zero-order valence-electron chi connectivity index (χ0n) is 15.1. The Labute approximate surface area is 149 Å². The zero-order chi connectivity index (χ0) is 18.6. The Morgan fingerprint density at radius 2 is 2.00 bits per heavy atom. The van der Waals surface area contributed by atoms with Gasteiger partial charge in [-0.15, -0.1) is 0 Å². The molecule has 2 aromatic carbocycles. The minimum atomic E-state index is -0.798. The van der Waals surface area contributed by atoms with E-state index >= 15 is 0 Å². The van der Waals surface area contributed by atoms with Crippen molar-refractivity contribution in [1.82, 2.24) is 0 Å². The first kappa shape index (κ1) is 16.7. The van der Waals surface area contributed by atoms with E-state index in [9.17, 15) is 9.90 Å². The van der Waals surface area contributed by atoms with E-state index < -0.39 is 11.7 Å². The largest absolute Gasteiger partial charge is 0.495 e. The molecule has 3 aromatic rings. The normalized spacial score (nSPS) is 18.4. The molecule has 1 aromatic heterocycles. The SMILES string of the molecule is COc1cccc2c(=O)c3c(OC)c4c(cc3oc12)OC(C)(C)C[C@@H]4O. The lowest BCUT2D eigenvalue weighted by atomic mass is 9.90. The standard InChI is InChI=1S/C20H20O6/c1-20(2)9-11(21)15-14(26-20)8-13-16(19(15)24-4)17(22)10-6-5-7-12(23-3)18(10)25-13/h5-8,11,21H,9H2,1-4H3/t11-/m0/s1. The van der Waals surface area contributed by atoms with Gasteiger partial charge in [0, 0.05) is 12.5 Å². The molecule has 0 spiro atoms. The highest BCUT2D eigenvalue weighted by atomic mass is 16.5. The van der Waals surface area contributed by atoms with Gasteiger partial charge in [-0.25, -0.2) is 0 Å². The molecule has 0 fully saturated rings. The number of benzene rings is 2. The molecule has 0 aliphatic carbocycles. The number of aliphatic hydroxyl groups is 1. The molecule has 6 heteroatoms. The maximum atomic E-state index is 13.1. The molecule has 1 N–H and O–H groups in total. The van der Waals surface area contributed by atoms with Crippen LogP contribution in [0, 0.1) is 0 Å². The first-order chi connectivity index (χ1) is 12.4. The van der Waals surface area contributed by atoms with E-state index in [4.69, 9.17) is 18.6 Å². The Bertz CT molecular complexity index is 1080. The van der Waals surface area contributed by atoms with Crippen LogP contribution in [0.4, 0.5) is 0 Å². The van der Waals surface area contributed by atoms with Gasteiger partial charge in [-0.05, 0) is 26.0 Å². The van der Waals surface area contributed by atoms with Crippen LogP contribution in [0.3, 0.4) is 0 Å². The molecule has 0 saturated carbocycles. The smallest absolute Gasteiger partial charge is 0.204 e.